The van der Waals surface area contributed by atoms with E-state index in [0.29, 0.717) is 17.7 Å². The first-order chi connectivity index (χ1) is 14.4. The van der Waals surface area contributed by atoms with Crippen molar-refractivity contribution in [2.24, 2.45) is 5.73 Å². The molecule has 0 aliphatic rings. The zero-order valence-corrected chi connectivity index (χ0v) is 18.5. The number of hydrogen-bond donors (Lipinski definition) is 4. The number of carboxylic acid groups (broad SMARTS) is 2. The summed E-state index contributed by atoms with van der Waals surface area (Å²) in [5.74, 6) is -5.32. The van der Waals surface area contributed by atoms with E-state index in [2.05, 4.69) is 5.32 Å². The monoisotopic (exact) mass is 463 g/mol. The van der Waals surface area contributed by atoms with E-state index in [4.69, 9.17) is 20.7 Å². The number of nitrogens with zero attached hydrogens (tertiary/aromatic N) is 1. The van der Waals surface area contributed by atoms with Crippen LogP contribution in [0.3, 0.4) is 0 Å². The first kappa shape index (κ1) is 28.3. The highest BCUT2D eigenvalue weighted by Gasteiger charge is 2.28. The number of thioether (sulfide) groups is 1. The predicted molar refractivity (Wildman–Crippen MR) is 110 cm³/mol. The Balaban J connectivity index is 4.92. The number of nitrogens with two attached hydrogens (primary N) is 1. The number of amides is 3. The fraction of sp³-hybridized carbons (Fsp3) is 0.667. The van der Waals surface area contributed by atoms with Gasteiger partial charge in [0.25, 0.3) is 5.91 Å². The third-order valence-corrected chi connectivity index (χ3v) is 5.22. The molecule has 0 bridgehead atoms. The van der Waals surface area contributed by atoms with Crippen molar-refractivity contribution in [2.45, 2.75) is 57.7 Å². The minimum Gasteiger partial charge on any atom is -0.480 e. The van der Waals surface area contributed by atoms with Gasteiger partial charge in [0, 0.05) is 19.2 Å². The van der Waals surface area contributed by atoms with Gasteiger partial charge in [0.15, 0.2) is 0 Å². The van der Waals surface area contributed by atoms with Crippen molar-refractivity contribution in [1.82, 2.24) is 10.2 Å². The molecule has 0 rings (SSSR count). The van der Waals surface area contributed by atoms with E-state index in [0.717, 1.165) is 18.8 Å². The summed E-state index contributed by atoms with van der Waals surface area (Å²) < 4.78 is 5.04. The fourth-order valence-corrected chi connectivity index (χ4v) is 3.06. The normalized spacial score (nSPS) is 12.5. The summed E-state index contributed by atoms with van der Waals surface area (Å²) >= 11 is 0.844. The second-order valence-corrected chi connectivity index (χ2v) is 7.60. The van der Waals surface area contributed by atoms with Crippen LogP contribution >= 0.6 is 11.8 Å². The molecule has 31 heavy (non-hydrogen) atoms. The first-order valence-electron chi connectivity index (χ1n) is 9.54. The van der Waals surface area contributed by atoms with Crippen molar-refractivity contribution in [3.8, 4) is 0 Å². The lowest BCUT2D eigenvalue weighted by Gasteiger charge is -2.21. The van der Waals surface area contributed by atoms with E-state index in [9.17, 15) is 28.8 Å². The lowest BCUT2D eigenvalue weighted by molar-refractivity contribution is -0.157. The Hall–Kier alpha value is -2.67. The summed E-state index contributed by atoms with van der Waals surface area (Å²) in [4.78, 5) is 70.2. The molecule has 2 atom stereocenters. The van der Waals surface area contributed by atoms with Gasteiger partial charge in [-0.1, -0.05) is 13.8 Å². The highest BCUT2D eigenvalue weighted by atomic mass is 32.2. The highest BCUT2D eigenvalue weighted by molar-refractivity contribution is 8.00. The van der Waals surface area contributed by atoms with Crippen molar-refractivity contribution in [1.29, 1.82) is 0 Å². The molecule has 0 saturated carbocycles. The third-order valence-electron chi connectivity index (χ3n) is 4.18. The molecule has 13 heteroatoms. The molecule has 2 unspecified atom stereocenters. The molecule has 0 aromatic rings. The fourth-order valence-electron chi connectivity index (χ4n) is 2.18. The Morgan fingerprint density at radius 2 is 1.68 bits per heavy atom. The number of carbonyl (C=O) groups is 6. The number of imide groups is 1. The van der Waals surface area contributed by atoms with Crippen LogP contribution in [0.2, 0.25) is 0 Å². The van der Waals surface area contributed by atoms with Gasteiger partial charge in [0.2, 0.25) is 11.7 Å². The Morgan fingerprint density at radius 3 is 2.16 bits per heavy atom. The summed E-state index contributed by atoms with van der Waals surface area (Å²) in [5.41, 5.74) is 5.32. The van der Waals surface area contributed by atoms with Crippen LogP contribution in [-0.4, -0.2) is 87.5 Å². The maximum absolute atomic E-state index is 12.3. The van der Waals surface area contributed by atoms with Crippen LogP contribution in [0.25, 0.3) is 0 Å². The SMILES string of the molecule is CCC(CC)OC(=O)C(=O)CSCC(NC(=O)CCC(N)C(=O)O)C(=O)N(C)C(=O)O. The molecular formula is C18H29N3O9S. The second-order valence-electron chi connectivity index (χ2n) is 6.57. The second kappa shape index (κ2) is 14.4. The van der Waals surface area contributed by atoms with Gasteiger partial charge in [-0.15, -0.1) is 0 Å². The molecule has 0 heterocycles. The zero-order valence-electron chi connectivity index (χ0n) is 17.7. The molecule has 5 N–H and O–H groups in total. The molecule has 0 aliphatic carbocycles. The first-order valence-corrected chi connectivity index (χ1v) is 10.7. The summed E-state index contributed by atoms with van der Waals surface area (Å²) in [5, 5.41) is 20.0. The largest absolute Gasteiger partial charge is 0.480 e. The summed E-state index contributed by atoms with van der Waals surface area (Å²) in [7, 11) is 0.993. The minimum atomic E-state index is -1.55. The Labute approximate surface area is 183 Å². The predicted octanol–water partition coefficient (Wildman–Crippen LogP) is -0.166. The van der Waals surface area contributed by atoms with E-state index in [1.54, 1.807) is 0 Å². The highest BCUT2D eigenvalue weighted by Crippen LogP contribution is 2.09. The number of hydrogen-bond acceptors (Lipinski definition) is 9. The van der Waals surface area contributed by atoms with Crippen LogP contribution in [-0.2, 0) is 28.7 Å². The molecule has 0 aromatic heterocycles. The van der Waals surface area contributed by atoms with E-state index >= 15 is 0 Å². The van der Waals surface area contributed by atoms with Crippen molar-refractivity contribution < 1.29 is 43.7 Å². The van der Waals surface area contributed by atoms with Crippen LogP contribution in [0.1, 0.15) is 39.5 Å². The van der Waals surface area contributed by atoms with Crippen LogP contribution in [0.5, 0.6) is 0 Å². The van der Waals surface area contributed by atoms with Crippen LogP contribution < -0.4 is 11.1 Å². The van der Waals surface area contributed by atoms with Gasteiger partial charge in [-0.2, -0.15) is 11.8 Å². The Kier molecular flexibility index (Phi) is 13.1. The molecule has 0 fully saturated rings. The lowest BCUT2D eigenvalue weighted by atomic mass is 10.1. The number of rotatable bonds is 14. The van der Waals surface area contributed by atoms with Crippen molar-refractivity contribution in [3.63, 3.8) is 0 Å². The van der Waals surface area contributed by atoms with Crippen molar-refractivity contribution >= 4 is 47.4 Å². The van der Waals surface area contributed by atoms with Gasteiger partial charge in [-0.25, -0.2) is 14.5 Å². The van der Waals surface area contributed by atoms with E-state index in [-0.39, 0.29) is 30.5 Å². The Bertz CT molecular complexity index is 682. The van der Waals surface area contributed by atoms with Gasteiger partial charge in [0.05, 0.1) is 5.75 Å². The number of Topliss-reactive ketones (excluding diaryl/α,β-unsaturated/α-hetero) is 1. The summed E-state index contributed by atoms with van der Waals surface area (Å²) in [6, 6.07) is -2.59. The molecule has 0 spiro atoms. The van der Waals surface area contributed by atoms with Gasteiger partial charge >= 0.3 is 18.0 Å². The van der Waals surface area contributed by atoms with Gasteiger partial charge < -0.3 is 26.0 Å². The van der Waals surface area contributed by atoms with Crippen LogP contribution in [0, 0.1) is 0 Å². The van der Waals surface area contributed by atoms with E-state index in [1.807, 2.05) is 13.8 Å². The number of nitrogens with one attached hydrogen (secondary N) is 1. The number of aliphatic carboxylic acids is 1. The zero-order chi connectivity index (χ0) is 24.1. The van der Waals surface area contributed by atoms with Gasteiger partial charge in [-0.3, -0.25) is 19.2 Å². The molecular weight excluding hydrogens is 434 g/mol. The molecule has 3 amide bonds. The average Bonchev–Trinajstić information content (AvgIpc) is 2.73. The number of likely N-dealkylation sites (N-methyl/N-ethyl adjacent to an activating group) is 1. The maximum Gasteiger partial charge on any atom is 0.413 e. The molecule has 176 valence electrons. The number of carbonyl (C=O) groups excluding carboxylic acids is 4. The third kappa shape index (κ3) is 10.8. The average molecular weight is 464 g/mol. The van der Waals surface area contributed by atoms with Crippen LogP contribution in [0.15, 0.2) is 0 Å². The molecule has 0 aliphatic heterocycles. The van der Waals surface area contributed by atoms with Gasteiger partial charge in [0.1, 0.15) is 18.2 Å². The molecule has 0 saturated heterocycles. The number of ether oxygens (including phenoxy) is 1. The summed E-state index contributed by atoms with van der Waals surface area (Å²) in [6.45, 7) is 3.61. The topological polar surface area (TPSA) is 193 Å². The van der Waals surface area contributed by atoms with Crippen molar-refractivity contribution in [2.75, 3.05) is 18.6 Å². The minimum absolute atomic E-state index is 0.190. The quantitative estimate of drug-likeness (QED) is 0.197. The van der Waals surface area contributed by atoms with Crippen molar-refractivity contribution in [3.05, 3.63) is 0 Å². The molecule has 12 nitrogen and oxygen atoms in total. The number of carboxylic acids is 1. The number of esters is 1. The summed E-state index contributed by atoms with van der Waals surface area (Å²) in [6.07, 6.45) is -1.32. The Morgan fingerprint density at radius 1 is 1.10 bits per heavy atom. The van der Waals surface area contributed by atoms with Crippen LogP contribution in [0.4, 0.5) is 4.79 Å². The maximum atomic E-state index is 12.3. The molecule has 0 aromatic carbocycles. The lowest BCUT2D eigenvalue weighted by Crippen LogP contribution is -2.50. The standard InChI is InChI=1S/C18H29N3O9S/c1-4-10(5-2)30-17(27)13(22)9-31-8-12(15(24)21(3)18(28)29)20-14(23)7-6-11(19)16(25)26/h10-12H,4-9,19H2,1-3H3,(H,20,23)(H,25,26)(H,28,29). The van der Waals surface area contributed by atoms with Gasteiger partial charge in [-0.05, 0) is 19.3 Å². The van der Waals surface area contributed by atoms with E-state index < -0.39 is 47.7 Å². The molecule has 0 radical (unpaired) electrons. The number of ketones is 1. The smallest absolute Gasteiger partial charge is 0.413 e. The van der Waals surface area contributed by atoms with E-state index in [1.165, 1.54) is 0 Å².